The molecule has 4 nitrogen and oxygen atoms in total. The highest BCUT2D eigenvalue weighted by Gasteiger charge is 2.43. The molecule has 1 saturated heterocycles. The van der Waals surface area contributed by atoms with E-state index >= 15 is 0 Å². The van der Waals surface area contributed by atoms with Gasteiger partial charge < -0.3 is 19.7 Å². The van der Waals surface area contributed by atoms with Gasteiger partial charge in [0.1, 0.15) is 17.7 Å². The molecule has 158 valence electrons. The lowest BCUT2D eigenvalue weighted by Gasteiger charge is -2.41. The summed E-state index contributed by atoms with van der Waals surface area (Å²) < 4.78 is 25.7. The Morgan fingerprint density at radius 3 is 2.52 bits per heavy atom. The Bertz CT molecular complexity index is 809. The van der Waals surface area contributed by atoms with Crippen LogP contribution in [0.2, 0.25) is 0 Å². The summed E-state index contributed by atoms with van der Waals surface area (Å²) in [5.74, 6) is 0.0616. The van der Waals surface area contributed by atoms with Crippen LogP contribution >= 0.6 is 0 Å². The molecule has 0 aliphatic carbocycles. The zero-order valence-electron chi connectivity index (χ0n) is 17.3. The van der Waals surface area contributed by atoms with E-state index in [0.29, 0.717) is 5.75 Å². The summed E-state index contributed by atoms with van der Waals surface area (Å²) in [6.45, 7) is 6.04. The first-order valence-corrected chi connectivity index (χ1v) is 10.5. The first-order chi connectivity index (χ1) is 13.9. The topological polar surface area (TPSA) is 58.9 Å². The monoisotopic (exact) mass is 402 g/mol. The standard InChI is InChI=1S/C24H31FO4/c1-4-7-16-11-12-19(14-20(16)17-9-6-10-18(25)13-17)28-24-23(27)22(26)15(3)21(29-24)8-5-2/h6,9-15,21-24,26-27H,4-5,7-8H2,1-3H3/t15-,21+,22+,23+,24+/m0/s1. The molecule has 0 amide bonds. The first-order valence-electron chi connectivity index (χ1n) is 10.5. The molecular weight excluding hydrogens is 371 g/mol. The van der Waals surface area contributed by atoms with E-state index in [2.05, 4.69) is 13.8 Å². The van der Waals surface area contributed by atoms with Gasteiger partial charge in [-0.3, -0.25) is 0 Å². The number of aryl methyl sites for hydroxylation is 1. The Kier molecular flexibility index (Phi) is 7.28. The fraction of sp³-hybridized carbons (Fsp3) is 0.500. The van der Waals surface area contributed by atoms with Crippen LogP contribution in [0.1, 0.15) is 45.6 Å². The number of aliphatic hydroxyl groups excluding tert-OH is 2. The average molecular weight is 403 g/mol. The summed E-state index contributed by atoms with van der Waals surface area (Å²) in [5, 5.41) is 20.9. The normalized spacial score (nSPS) is 27.0. The van der Waals surface area contributed by atoms with E-state index in [9.17, 15) is 14.6 Å². The first kappa shape index (κ1) is 21.8. The Hall–Kier alpha value is -1.95. The van der Waals surface area contributed by atoms with Gasteiger partial charge in [-0.05, 0) is 53.8 Å². The predicted molar refractivity (Wildman–Crippen MR) is 111 cm³/mol. The van der Waals surface area contributed by atoms with Gasteiger partial charge in [0, 0.05) is 5.92 Å². The molecule has 2 aromatic carbocycles. The van der Waals surface area contributed by atoms with Crippen LogP contribution in [-0.4, -0.2) is 34.8 Å². The van der Waals surface area contributed by atoms with Gasteiger partial charge in [0.25, 0.3) is 0 Å². The molecule has 3 rings (SSSR count). The summed E-state index contributed by atoms with van der Waals surface area (Å²) >= 11 is 0. The second-order valence-corrected chi connectivity index (χ2v) is 7.87. The number of benzene rings is 2. The third-order valence-corrected chi connectivity index (χ3v) is 5.62. The fourth-order valence-electron chi connectivity index (χ4n) is 3.96. The number of halogens is 1. The third kappa shape index (κ3) is 4.97. The molecule has 0 bridgehead atoms. The van der Waals surface area contributed by atoms with Gasteiger partial charge in [-0.2, -0.15) is 0 Å². The SMILES string of the molecule is CCCc1ccc(O[C@@H]2O[C@H](CCC)[C@H](C)[C@@H](O)[C@H]2O)cc1-c1cccc(F)c1. The van der Waals surface area contributed by atoms with Crippen molar-refractivity contribution in [2.75, 3.05) is 0 Å². The van der Waals surface area contributed by atoms with Crippen LogP contribution in [0.25, 0.3) is 11.1 Å². The van der Waals surface area contributed by atoms with Crippen LogP contribution in [0.3, 0.4) is 0 Å². The number of hydrogen-bond donors (Lipinski definition) is 2. The highest BCUT2D eigenvalue weighted by atomic mass is 19.1. The van der Waals surface area contributed by atoms with E-state index in [-0.39, 0.29) is 17.8 Å². The maximum Gasteiger partial charge on any atom is 0.228 e. The number of hydrogen-bond acceptors (Lipinski definition) is 4. The minimum absolute atomic E-state index is 0.167. The second kappa shape index (κ2) is 9.70. The zero-order valence-corrected chi connectivity index (χ0v) is 17.3. The van der Waals surface area contributed by atoms with Gasteiger partial charge in [-0.15, -0.1) is 0 Å². The van der Waals surface area contributed by atoms with Gasteiger partial charge in [0.05, 0.1) is 12.2 Å². The van der Waals surface area contributed by atoms with E-state index < -0.39 is 18.5 Å². The lowest BCUT2D eigenvalue weighted by Crippen LogP contribution is -2.55. The Balaban J connectivity index is 1.88. The highest BCUT2D eigenvalue weighted by Crippen LogP contribution is 2.33. The largest absolute Gasteiger partial charge is 0.462 e. The van der Waals surface area contributed by atoms with Crippen molar-refractivity contribution in [2.24, 2.45) is 5.92 Å². The van der Waals surface area contributed by atoms with Gasteiger partial charge >= 0.3 is 0 Å². The molecule has 1 heterocycles. The van der Waals surface area contributed by atoms with Gasteiger partial charge in [0.15, 0.2) is 0 Å². The lowest BCUT2D eigenvalue weighted by molar-refractivity contribution is -0.256. The van der Waals surface area contributed by atoms with Crippen molar-refractivity contribution in [3.8, 4) is 16.9 Å². The smallest absolute Gasteiger partial charge is 0.228 e. The van der Waals surface area contributed by atoms with Crippen molar-refractivity contribution >= 4 is 0 Å². The van der Waals surface area contributed by atoms with Gasteiger partial charge in [-0.1, -0.05) is 51.8 Å². The van der Waals surface area contributed by atoms with Crippen molar-refractivity contribution in [3.63, 3.8) is 0 Å². The second-order valence-electron chi connectivity index (χ2n) is 7.87. The maximum atomic E-state index is 13.8. The molecule has 2 aromatic rings. The third-order valence-electron chi connectivity index (χ3n) is 5.62. The molecule has 1 aliphatic heterocycles. The van der Waals surface area contributed by atoms with Crippen LogP contribution < -0.4 is 4.74 Å². The fourth-order valence-corrected chi connectivity index (χ4v) is 3.96. The number of rotatable bonds is 7. The average Bonchev–Trinajstić information content (AvgIpc) is 2.71. The van der Waals surface area contributed by atoms with Crippen molar-refractivity contribution in [1.82, 2.24) is 0 Å². The van der Waals surface area contributed by atoms with Crippen LogP contribution in [0, 0.1) is 11.7 Å². The van der Waals surface area contributed by atoms with Crippen molar-refractivity contribution in [3.05, 3.63) is 53.8 Å². The summed E-state index contributed by atoms with van der Waals surface area (Å²) in [4.78, 5) is 0. The Morgan fingerprint density at radius 1 is 1.03 bits per heavy atom. The quantitative estimate of drug-likeness (QED) is 0.704. The molecule has 1 aliphatic rings. The molecule has 5 heteroatoms. The maximum absolute atomic E-state index is 13.8. The molecule has 29 heavy (non-hydrogen) atoms. The van der Waals surface area contributed by atoms with Gasteiger partial charge in [-0.25, -0.2) is 4.39 Å². The minimum atomic E-state index is -1.13. The lowest BCUT2D eigenvalue weighted by atomic mass is 9.88. The molecular formula is C24H31FO4. The van der Waals surface area contributed by atoms with Crippen molar-refractivity contribution < 1.29 is 24.1 Å². The molecule has 0 radical (unpaired) electrons. The van der Waals surface area contributed by atoms with Crippen LogP contribution in [0.5, 0.6) is 5.75 Å². The zero-order chi connectivity index (χ0) is 21.0. The molecule has 0 spiro atoms. The van der Waals surface area contributed by atoms with E-state index in [1.165, 1.54) is 12.1 Å². The van der Waals surface area contributed by atoms with E-state index in [0.717, 1.165) is 42.4 Å². The van der Waals surface area contributed by atoms with Crippen LogP contribution in [-0.2, 0) is 11.2 Å². The van der Waals surface area contributed by atoms with Gasteiger partial charge in [0.2, 0.25) is 6.29 Å². The van der Waals surface area contributed by atoms with E-state index in [1.54, 1.807) is 6.07 Å². The van der Waals surface area contributed by atoms with Crippen molar-refractivity contribution in [1.29, 1.82) is 0 Å². The molecule has 5 atom stereocenters. The van der Waals surface area contributed by atoms with E-state index in [1.807, 2.05) is 31.2 Å². The Labute approximate surface area is 172 Å². The predicted octanol–water partition coefficient (Wildman–Crippen LogP) is 4.71. The molecule has 0 saturated carbocycles. The van der Waals surface area contributed by atoms with Crippen LogP contribution in [0.15, 0.2) is 42.5 Å². The highest BCUT2D eigenvalue weighted by molar-refractivity contribution is 5.69. The summed E-state index contributed by atoms with van der Waals surface area (Å²) in [5.41, 5.74) is 2.78. The molecule has 0 unspecified atom stereocenters. The number of aliphatic hydroxyl groups is 2. The molecule has 2 N–H and O–H groups in total. The Morgan fingerprint density at radius 2 is 1.83 bits per heavy atom. The van der Waals surface area contributed by atoms with E-state index in [4.69, 9.17) is 9.47 Å². The van der Waals surface area contributed by atoms with Crippen molar-refractivity contribution in [2.45, 2.75) is 71.1 Å². The summed E-state index contributed by atoms with van der Waals surface area (Å²) in [7, 11) is 0. The number of ether oxygens (including phenoxy) is 2. The molecule has 0 aromatic heterocycles. The van der Waals surface area contributed by atoms with Crippen LogP contribution in [0.4, 0.5) is 4.39 Å². The summed E-state index contributed by atoms with van der Waals surface area (Å²) in [6, 6.07) is 12.2. The summed E-state index contributed by atoms with van der Waals surface area (Å²) in [6.07, 6.45) is 0.368. The minimum Gasteiger partial charge on any atom is -0.462 e. The molecule has 1 fully saturated rings.